The highest BCUT2D eigenvalue weighted by Gasteiger charge is 2.35. The molecular weight excluding hydrogens is 226 g/mol. The minimum atomic E-state index is -0.679. The highest BCUT2D eigenvalue weighted by molar-refractivity contribution is 5.86. The standard InChI is InChI=1S/C14H21N3O/c1-11(12-7-3-6-10-16-12)17-13(18)14(15)8-4-2-5-9-14/h3,6-7,10-11H,2,4-5,8-9,15H2,1H3,(H,17,18)/t11-/m0/s1. The molecule has 1 atom stereocenters. The normalized spacial score (nSPS) is 20.1. The molecule has 98 valence electrons. The Morgan fingerprint density at radius 1 is 1.39 bits per heavy atom. The van der Waals surface area contributed by atoms with E-state index in [0.29, 0.717) is 0 Å². The largest absolute Gasteiger partial charge is 0.346 e. The van der Waals surface area contributed by atoms with Crippen molar-refractivity contribution in [3.8, 4) is 0 Å². The zero-order valence-electron chi connectivity index (χ0n) is 10.9. The number of carbonyl (C=O) groups is 1. The van der Waals surface area contributed by atoms with Crippen LogP contribution in [0.4, 0.5) is 0 Å². The Bertz CT molecular complexity index is 399. The van der Waals surface area contributed by atoms with Crippen LogP contribution in [0.25, 0.3) is 0 Å². The van der Waals surface area contributed by atoms with Gasteiger partial charge in [0.1, 0.15) is 0 Å². The molecule has 2 rings (SSSR count). The fourth-order valence-corrected chi connectivity index (χ4v) is 2.46. The summed E-state index contributed by atoms with van der Waals surface area (Å²) in [7, 11) is 0. The van der Waals surface area contributed by atoms with Crippen molar-refractivity contribution in [3.05, 3.63) is 30.1 Å². The number of amides is 1. The van der Waals surface area contributed by atoms with Gasteiger partial charge in [-0.05, 0) is 31.9 Å². The van der Waals surface area contributed by atoms with Crippen LogP contribution in [0.1, 0.15) is 50.8 Å². The number of nitrogens with one attached hydrogen (secondary N) is 1. The molecule has 1 heterocycles. The van der Waals surface area contributed by atoms with Gasteiger partial charge >= 0.3 is 0 Å². The third-order valence-corrected chi connectivity index (χ3v) is 3.68. The minimum absolute atomic E-state index is 0.0413. The summed E-state index contributed by atoms with van der Waals surface area (Å²) in [6, 6.07) is 5.60. The Labute approximate surface area is 108 Å². The molecule has 1 aromatic heterocycles. The zero-order chi connectivity index (χ0) is 13.0. The molecule has 18 heavy (non-hydrogen) atoms. The molecule has 0 saturated heterocycles. The van der Waals surface area contributed by atoms with Crippen molar-refractivity contribution < 1.29 is 4.79 Å². The number of hydrogen-bond acceptors (Lipinski definition) is 3. The summed E-state index contributed by atoms with van der Waals surface area (Å²) in [5.41, 5.74) is 6.38. The van der Waals surface area contributed by atoms with Gasteiger partial charge in [-0.15, -0.1) is 0 Å². The van der Waals surface area contributed by atoms with E-state index in [1.165, 1.54) is 6.42 Å². The predicted octanol–water partition coefficient (Wildman–Crippen LogP) is 1.92. The lowest BCUT2D eigenvalue weighted by molar-refractivity contribution is -0.128. The Balaban J connectivity index is 1.98. The van der Waals surface area contributed by atoms with Crippen LogP contribution >= 0.6 is 0 Å². The van der Waals surface area contributed by atoms with Gasteiger partial charge in [-0.25, -0.2) is 0 Å². The first-order valence-corrected chi connectivity index (χ1v) is 6.63. The van der Waals surface area contributed by atoms with Crippen LogP contribution in [0, 0.1) is 0 Å². The first-order chi connectivity index (χ1) is 8.62. The third kappa shape index (κ3) is 2.88. The SMILES string of the molecule is C[C@H](NC(=O)C1(N)CCCCC1)c1ccccn1. The molecule has 4 heteroatoms. The van der Waals surface area contributed by atoms with Crippen LogP contribution in [0.15, 0.2) is 24.4 Å². The van der Waals surface area contributed by atoms with Crippen molar-refractivity contribution in [1.29, 1.82) is 0 Å². The molecule has 1 aliphatic carbocycles. The first kappa shape index (κ1) is 13.0. The Kier molecular flexibility index (Phi) is 3.97. The Morgan fingerprint density at radius 3 is 2.72 bits per heavy atom. The van der Waals surface area contributed by atoms with Gasteiger partial charge in [0.2, 0.25) is 5.91 Å². The smallest absolute Gasteiger partial charge is 0.240 e. The quantitative estimate of drug-likeness (QED) is 0.857. The molecule has 1 saturated carbocycles. The van der Waals surface area contributed by atoms with Crippen LogP contribution in [0.3, 0.4) is 0 Å². The number of hydrogen-bond donors (Lipinski definition) is 2. The second kappa shape index (κ2) is 5.48. The summed E-state index contributed by atoms with van der Waals surface area (Å²) in [6.45, 7) is 1.94. The predicted molar refractivity (Wildman–Crippen MR) is 70.8 cm³/mol. The minimum Gasteiger partial charge on any atom is -0.346 e. The van der Waals surface area contributed by atoms with Crippen molar-refractivity contribution in [1.82, 2.24) is 10.3 Å². The maximum atomic E-state index is 12.2. The van der Waals surface area contributed by atoms with Gasteiger partial charge in [0.05, 0.1) is 17.3 Å². The van der Waals surface area contributed by atoms with Crippen molar-refractivity contribution >= 4 is 5.91 Å². The van der Waals surface area contributed by atoms with Crippen LogP contribution in [-0.4, -0.2) is 16.4 Å². The molecule has 0 aliphatic heterocycles. The summed E-state index contributed by atoms with van der Waals surface area (Å²) in [5, 5.41) is 2.98. The molecule has 0 aromatic carbocycles. The van der Waals surface area contributed by atoms with Gasteiger partial charge in [-0.3, -0.25) is 9.78 Å². The van der Waals surface area contributed by atoms with E-state index in [2.05, 4.69) is 10.3 Å². The summed E-state index contributed by atoms with van der Waals surface area (Å²) >= 11 is 0. The van der Waals surface area contributed by atoms with E-state index in [-0.39, 0.29) is 11.9 Å². The molecule has 0 radical (unpaired) electrons. The number of carbonyl (C=O) groups excluding carboxylic acids is 1. The fraction of sp³-hybridized carbons (Fsp3) is 0.571. The van der Waals surface area contributed by atoms with Crippen molar-refractivity contribution in [2.45, 2.75) is 50.6 Å². The monoisotopic (exact) mass is 247 g/mol. The summed E-state index contributed by atoms with van der Waals surface area (Å²) in [4.78, 5) is 16.5. The summed E-state index contributed by atoms with van der Waals surface area (Å²) in [5.74, 6) is -0.0413. The summed E-state index contributed by atoms with van der Waals surface area (Å²) in [6.07, 6.45) is 6.57. The second-order valence-electron chi connectivity index (χ2n) is 5.17. The molecule has 1 aliphatic rings. The van der Waals surface area contributed by atoms with Gasteiger partial charge in [0.15, 0.2) is 0 Å². The fourth-order valence-electron chi connectivity index (χ4n) is 2.46. The molecule has 1 aromatic rings. The topological polar surface area (TPSA) is 68.0 Å². The number of aromatic nitrogens is 1. The molecular formula is C14H21N3O. The zero-order valence-corrected chi connectivity index (χ0v) is 10.9. The van der Waals surface area contributed by atoms with Gasteiger partial charge < -0.3 is 11.1 Å². The third-order valence-electron chi connectivity index (χ3n) is 3.68. The maximum Gasteiger partial charge on any atom is 0.240 e. The Morgan fingerprint density at radius 2 is 2.11 bits per heavy atom. The molecule has 0 bridgehead atoms. The van der Waals surface area contributed by atoms with Crippen LogP contribution in [-0.2, 0) is 4.79 Å². The number of nitrogens with zero attached hydrogens (tertiary/aromatic N) is 1. The highest BCUT2D eigenvalue weighted by Crippen LogP contribution is 2.26. The van der Waals surface area contributed by atoms with E-state index in [4.69, 9.17) is 5.73 Å². The number of rotatable bonds is 3. The van der Waals surface area contributed by atoms with Crippen LogP contribution < -0.4 is 11.1 Å². The maximum absolute atomic E-state index is 12.2. The van der Waals surface area contributed by atoms with Gasteiger partial charge in [0.25, 0.3) is 0 Å². The van der Waals surface area contributed by atoms with E-state index in [9.17, 15) is 4.79 Å². The lowest BCUT2D eigenvalue weighted by Crippen LogP contribution is -2.55. The van der Waals surface area contributed by atoms with E-state index in [1.54, 1.807) is 6.20 Å². The summed E-state index contributed by atoms with van der Waals surface area (Å²) < 4.78 is 0. The molecule has 4 nitrogen and oxygen atoms in total. The average Bonchev–Trinajstić information content (AvgIpc) is 2.40. The van der Waals surface area contributed by atoms with Crippen LogP contribution in [0.2, 0.25) is 0 Å². The highest BCUT2D eigenvalue weighted by atomic mass is 16.2. The van der Waals surface area contributed by atoms with Crippen molar-refractivity contribution in [3.63, 3.8) is 0 Å². The van der Waals surface area contributed by atoms with Gasteiger partial charge in [-0.2, -0.15) is 0 Å². The lowest BCUT2D eigenvalue weighted by Gasteiger charge is -2.32. The lowest BCUT2D eigenvalue weighted by atomic mass is 9.81. The average molecular weight is 247 g/mol. The molecule has 3 N–H and O–H groups in total. The molecule has 0 spiro atoms. The number of nitrogens with two attached hydrogens (primary N) is 1. The van der Waals surface area contributed by atoms with Gasteiger partial charge in [-0.1, -0.05) is 25.3 Å². The molecule has 1 amide bonds. The van der Waals surface area contributed by atoms with Crippen LogP contribution in [0.5, 0.6) is 0 Å². The molecule has 1 fully saturated rings. The second-order valence-corrected chi connectivity index (χ2v) is 5.17. The first-order valence-electron chi connectivity index (χ1n) is 6.63. The van der Waals surface area contributed by atoms with E-state index in [1.807, 2.05) is 25.1 Å². The van der Waals surface area contributed by atoms with E-state index < -0.39 is 5.54 Å². The van der Waals surface area contributed by atoms with E-state index >= 15 is 0 Å². The molecule has 0 unspecified atom stereocenters. The van der Waals surface area contributed by atoms with Crippen molar-refractivity contribution in [2.24, 2.45) is 5.73 Å². The Hall–Kier alpha value is -1.42. The van der Waals surface area contributed by atoms with Crippen molar-refractivity contribution in [2.75, 3.05) is 0 Å². The number of pyridine rings is 1. The van der Waals surface area contributed by atoms with Gasteiger partial charge in [0, 0.05) is 6.20 Å². The van der Waals surface area contributed by atoms with E-state index in [0.717, 1.165) is 31.4 Å².